The lowest BCUT2D eigenvalue weighted by molar-refractivity contribution is -0.121. The number of aryl methyl sites for hydroxylation is 2. The van der Waals surface area contributed by atoms with Crippen LogP contribution >= 0.6 is 0 Å². The van der Waals surface area contributed by atoms with E-state index in [9.17, 15) is 4.79 Å². The summed E-state index contributed by atoms with van der Waals surface area (Å²) in [6.45, 7) is 8.82. The van der Waals surface area contributed by atoms with E-state index in [4.69, 9.17) is 0 Å². The Labute approximate surface area is 149 Å². The van der Waals surface area contributed by atoms with E-state index in [-0.39, 0.29) is 11.9 Å². The molecular weight excluding hydrogens is 314 g/mol. The van der Waals surface area contributed by atoms with Gasteiger partial charge < -0.3 is 9.88 Å². The lowest BCUT2D eigenvalue weighted by atomic mass is 9.95. The van der Waals surface area contributed by atoms with Crippen molar-refractivity contribution in [1.29, 1.82) is 0 Å². The topological polar surface area (TPSA) is 63.1 Å². The van der Waals surface area contributed by atoms with Crippen molar-refractivity contribution >= 4 is 11.6 Å². The fraction of sp³-hybridized carbons (Fsp3) is 0.526. The summed E-state index contributed by atoms with van der Waals surface area (Å²) in [5.74, 6) is 1.58. The van der Waals surface area contributed by atoms with Gasteiger partial charge in [0.05, 0.1) is 6.04 Å². The molecule has 1 fully saturated rings. The molecule has 1 amide bonds. The number of anilines is 1. The lowest BCUT2D eigenvalue weighted by Crippen LogP contribution is -2.46. The fourth-order valence-corrected chi connectivity index (χ4v) is 3.48. The molecule has 6 heteroatoms. The van der Waals surface area contributed by atoms with Crippen molar-refractivity contribution in [1.82, 2.24) is 19.7 Å². The van der Waals surface area contributed by atoms with Crippen LogP contribution in [0, 0.1) is 6.92 Å². The van der Waals surface area contributed by atoms with Gasteiger partial charge in [0.25, 0.3) is 0 Å². The molecule has 2 aromatic rings. The average molecular weight is 341 g/mol. The minimum atomic E-state index is -0.135. The third-order valence-electron chi connectivity index (χ3n) is 5.21. The van der Waals surface area contributed by atoms with E-state index in [2.05, 4.69) is 31.9 Å². The molecule has 1 aliphatic heterocycles. The van der Waals surface area contributed by atoms with E-state index in [1.54, 1.807) is 6.33 Å². The number of hydrogen-bond acceptors (Lipinski definition) is 4. The van der Waals surface area contributed by atoms with Crippen LogP contribution in [-0.2, 0) is 11.3 Å². The van der Waals surface area contributed by atoms with Crippen molar-refractivity contribution in [3.05, 3.63) is 42.0 Å². The van der Waals surface area contributed by atoms with Gasteiger partial charge in [-0.05, 0) is 58.3 Å². The van der Waals surface area contributed by atoms with Gasteiger partial charge >= 0.3 is 0 Å². The Morgan fingerprint density at radius 3 is 2.72 bits per heavy atom. The predicted octanol–water partition coefficient (Wildman–Crippen LogP) is 2.81. The van der Waals surface area contributed by atoms with Crippen LogP contribution in [-0.4, -0.2) is 44.7 Å². The number of nitrogens with one attached hydrogen (secondary N) is 1. The second-order valence-corrected chi connectivity index (χ2v) is 6.77. The molecule has 3 rings (SSSR count). The van der Waals surface area contributed by atoms with E-state index in [1.807, 2.05) is 38.1 Å². The van der Waals surface area contributed by atoms with Gasteiger partial charge in [0.2, 0.25) is 5.91 Å². The molecular formula is C19H27N5O. The molecule has 0 bridgehead atoms. The molecule has 0 spiro atoms. The van der Waals surface area contributed by atoms with Crippen LogP contribution in [0.5, 0.6) is 0 Å². The number of rotatable bonds is 5. The molecule has 134 valence electrons. The highest BCUT2D eigenvalue weighted by atomic mass is 16.2. The highest BCUT2D eigenvalue weighted by Crippen LogP contribution is 2.27. The van der Waals surface area contributed by atoms with E-state index in [1.165, 1.54) is 0 Å². The van der Waals surface area contributed by atoms with Gasteiger partial charge in [-0.15, -0.1) is 10.2 Å². The van der Waals surface area contributed by atoms with Crippen molar-refractivity contribution in [2.75, 3.05) is 18.4 Å². The monoisotopic (exact) mass is 341 g/mol. The maximum absolute atomic E-state index is 12.6. The largest absolute Gasteiger partial charge is 0.324 e. The van der Waals surface area contributed by atoms with Crippen LogP contribution in [0.1, 0.15) is 44.0 Å². The molecule has 1 aromatic carbocycles. The van der Waals surface area contributed by atoms with Crippen LogP contribution < -0.4 is 5.32 Å². The molecule has 1 atom stereocenters. The summed E-state index contributed by atoms with van der Waals surface area (Å²) in [5, 5.41) is 11.4. The summed E-state index contributed by atoms with van der Waals surface area (Å²) >= 11 is 0. The second kappa shape index (κ2) is 7.78. The van der Waals surface area contributed by atoms with Gasteiger partial charge in [0, 0.05) is 18.2 Å². The first kappa shape index (κ1) is 17.6. The van der Waals surface area contributed by atoms with Crippen LogP contribution in [0.4, 0.5) is 5.69 Å². The Hall–Kier alpha value is -2.21. The standard InChI is InChI=1S/C19H27N5O/c1-4-23-13-20-22-18(23)16-9-11-24(12-10-16)15(3)19(25)21-17-8-6-5-7-14(17)2/h5-8,13,15-16H,4,9-12H2,1-3H3,(H,21,25). The average Bonchev–Trinajstić information content (AvgIpc) is 3.12. The molecule has 1 unspecified atom stereocenters. The zero-order valence-corrected chi connectivity index (χ0v) is 15.3. The Balaban J connectivity index is 1.57. The zero-order chi connectivity index (χ0) is 17.8. The molecule has 1 aromatic heterocycles. The lowest BCUT2D eigenvalue weighted by Gasteiger charge is -2.35. The molecule has 6 nitrogen and oxygen atoms in total. The number of benzene rings is 1. The number of hydrogen-bond donors (Lipinski definition) is 1. The highest BCUT2D eigenvalue weighted by Gasteiger charge is 2.29. The maximum Gasteiger partial charge on any atom is 0.241 e. The van der Waals surface area contributed by atoms with Crippen molar-refractivity contribution in [2.24, 2.45) is 0 Å². The number of carbonyl (C=O) groups is 1. The van der Waals surface area contributed by atoms with Gasteiger partial charge in [-0.25, -0.2) is 0 Å². The summed E-state index contributed by atoms with van der Waals surface area (Å²) in [5.41, 5.74) is 1.98. The normalized spacial score (nSPS) is 17.4. The number of aromatic nitrogens is 3. The Kier molecular flexibility index (Phi) is 5.48. The molecule has 0 radical (unpaired) electrons. The number of carbonyl (C=O) groups excluding carboxylic acids is 1. The summed E-state index contributed by atoms with van der Waals surface area (Å²) in [6.07, 6.45) is 3.83. The third kappa shape index (κ3) is 3.90. The highest BCUT2D eigenvalue weighted by molar-refractivity contribution is 5.95. The van der Waals surface area contributed by atoms with Gasteiger partial charge in [-0.3, -0.25) is 9.69 Å². The Bertz CT molecular complexity index is 718. The van der Waals surface area contributed by atoms with Crippen molar-refractivity contribution in [3.8, 4) is 0 Å². The molecule has 2 heterocycles. The molecule has 25 heavy (non-hydrogen) atoms. The smallest absolute Gasteiger partial charge is 0.241 e. The first-order valence-corrected chi connectivity index (χ1v) is 9.08. The van der Waals surface area contributed by atoms with Gasteiger partial charge in [0.1, 0.15) is 12.2 Å². The van der Waals surface area contributed by atoms with E-state index in [0.29, 0.717) is 5.92 Å². The van der Waals surface area contributed by atoms with Gasteiger partial charge in [0.15, 0.2) is 0 Å². The maximum atomic E-state index is 12.6. The summed E-state index contributed by atoms with van der Waals surface area (Å²) in [4.78, 5) is 14.9. The minimum absolute atomic E-state index is 0.0597. The van der Waals surface area contributed by atoms with Crippen molar-refractivity contribution < 1.29 is 4.79 Å². The summed E-state index contributed by atoms with van der Waals surface area (Å²) < 4.78 is 2.12. The first-order valence-electron chi connectivity index (χ1n) is 9.08. The van der Waals surface area contributed by atoms with E-state index >= 15 is 0 Å². The van der Waals surface area contributed by atoms with Crippen LogP contribution in [0.2, 0.25) is 0 Å². The van der Waals surface area contributed by atoms with Crippen LogP contribution in [0.25, 0.3) is 0 Å². The number of piperidine rings is 1. The molecule has 1 aliphatic rings. The van der Waals surface area contributed by atoms with Crippen LogP contribution in [0.15, 0.2) is 30.6 Å². The SMILES string of the molecule is CCn1cnnc1C1CCN(C(C)C(=O)Nc2ccccc2C)CC1. The zero-order valence-electron chi connectivity index (χ0n) is 15.3. The van der Waals surface area contributed by atoms with Crippen LogP contribution in [0.3, 0.4) is 0 Å². The Morgan fingerprint density at radius 2 is 2.04 bits per heavy atom. The van der Waals surface area contributed by atoms with E-state index in [0.717, 1.165) is 49.6 Å². The Morgan fingerprint density at radius 1 is 1.32 bits per heavy atom. The number of para-hydroxylation sites is 1. The predicted molar refractivity (Wildman–Crippen MR) is 98.5 cm³/mol. The molecule has 0 aliphatic carbocycles. The third-order valence-corrected chi connectivity index (χ3v) is 5.21. The summed E-state index contributed by atoms with van der Waals surface area (Å²) in [6, 6.07) is 7.75. The molecule has 1 N–H and O–H groups in total. The van der Waals surface area contributed by atoms with Crippen molar-refractivity contribution in [2.45, 2.75) is 52.1 Å². The second-order valence-electron chi connectivity index (χ2n) is 6.77. The van der Waals surface area contributed by atoms with Crippen molar-refractivity contribution in [3.63, 3.8) is 0 Å². The molecule has 0 saturated carbocycles. The number of amides is 1. The van der Waals surface area contributed by atoms with Gasteiger partial charge in [-0.2, -0.15) is 0 Å². The quantitative estimate of drug-likeness (QED) is 0.908. The molecule has 1 saturated heterocycles. The first-order chi connectivity index (χ1) is 12.1. The summed E-state index contributed by atoms with van der Waals surface area (Å²) in [7, 11) is 0. The van der Waals surface area contributed by atoms with Gasteiger partial charge in [-0.1, -0.05) is 18.2 Å². The number of likely N-dealkylation sites (tertiary alicyclic amines) is 1. The van der Waals surface area contributed by atoms with E-state index < -0.39 is 0 Å². The minimum Gasteiger partial charge on any atom is -0.324 e. The number of nitrogens with zero attached hydrogens (tertiary/aromatic N) is 4. The fourth-order valence-electron chi connectivity index (χ4n) is 3.48.